The van der Waals surface area contributed by atoms with Crippen LogP contribution in [0.2, 0.25) is 8.87 Å². The molecule has 388 valence electrons. The van der Waals surface area contributed by atoms with Gasteiger partial charge < -0.3 is 39.6 Å². The van der Waals surface area contributed by atoms with Gasteiger partial charge in [-0.05, 0) is 51.4 Å². The van der Waals surface area contributed by atoms with E-state index >= 15 is 0 Å². The quantitative estimate of drug-likeness (QED) is 0.0430. The van der Waals surface area contributed by atoms with Gasteiger partial charge in [-0.2, -0.15) is 0 Å². The molecular formula is C56H110O8SnZn. The van der Waals surface area contributed by atoms with Crippen molar-refractivity contribution in [1.29, 1.82) is 0 Å². The van der Waals surface area contributed by atoms with Crippen LogP contribution in [0.25, 0.3) is 0 Å². The zero-order valence-electron chi connectivity index (χ0n) is 45.0. The normalized spacial score (nSPS) is 10.0. The summed E-state index contributed by atoms with van der Waals surface area (Å²) in [5.74, 6) is -3.64. The van der Waals surface area contributed by atoms with Gasteiger partial charge in [0.1, 0.15) is 0 Å². The first-order valence-electron chi connectivity index (χ1n) is 28.0. The SMILES string of the molecule is CCCCCCCCCCCC(=O)[O-].CCCCCCCCCCCC(=O)[O-].CCCCCCCCCCCC(=O)[O-].CCCCCCCCCCCC(=O)[O-].CCC[CH2][Sn+2][CH2]CCC.[Zn+2]. The average molecular weight is 1100 g/mol. The molecule has 10 heteroatoms. The van der Waals surface area contributed by atoms with E-state index < -0.39 is 23.9 Å². The summed E-state index contributed by atoms with van der Waals surface area (Å²) < 4.78 is 3.25. The van der Waals surface area contributed by atoms with Crippen molar-refractivity contribution in [3.63, 3.8) is 0 Å². The van der Waals surface area contributed by atoms with E-state index in [2.05, 4.69) is 41.5 Å². The first kappa shape index (κ1) is 76.8. The number of hydrogen-bond donors (Lipinski definition) is 0. The molecule has 66 heavy (non-hydrogen) atoms. The van der Waals surface area contributed by atoms with Crippen molar-refractivity contribution < 1.29 is 59.1 Å². The molecule has 0 unspecified atom stereocenters. The largest absolute Gasteiger partial charge is 2.00 e. The predicted octanol–water partition coefficient (Wildman–Crippen LogP) is 13.8. The van der Waals surface area contributed by atoms with Crippen LogP contribution in [0.3, 0.4) is 0 Å². The predicted molar refractivity (Wildman–Crippen MR) is 273 cm³/mol. The van der Waals surface area contributed by atoms with E-state index in [0.29, 0.717) is 0 Å². The van der Waals surface area contributed by atoms with E-state index in [1.165, 1.54) is 205 Å². The molecule has 0 saturated carbocycles. The van der Waals surface area contributed by atoms with Gasteiger partial charge in [-0.25, -0.2) is 0 Å². The number of aliphatic carboxylic acids is 4. The van der Waals surface area contributed by atoms with E-state index in [1.54, 1.807) is 8.87 Å². The number of carboxylic acids is 4. The van der Waals surface area contributed by atoms with E-state index in [4.69, 9.17) is 0 Å². The molecule has 0 atom stereocenters. The first-order valence-corrected chi connectivity index (χ1v) is 32.0. The Morgan fingerprint density at radius 1 is 0.242 bits per heavy atom. The van der Waals surface area contributed by atoms with Crippen molar-refractivity contribution in [2.45, 2.75) is 333 Å². The molecule has 0 spiro atoms. The Hall–Kier alpha value is -0.698. The van der Waals surface area contributed by atoms with Crippen LogP contribution in [0.4, 0.5) is 0 Å². The molecule has 0 aromatic heterocycles. The van der Waals surface area contributed by atoms with Crippen molar-refractivity contribution in [3.8, 4) is 0 Å². The van der Waals surface area contributed by atoms with Gasteiger partial charge in [0, 0.05) is 23.9 Å². The number of carbonyl (C=O) groups excluding carboxylic acids is 4. The molecule has 0 aromatic rings. The number of hydrogen-bond acceptors (Lipinski definition) is 8. The molecule has 0 heterocycles. The van der Waals surface area contributed by atoms with E-state index in [0.717, 1.165) is 51.4 Å². The minimum atomic E-state index is -0.909. The molecule has 0 bridgehead atoms. The maximum Gasteiger partial charge on any atom is 2.00 e. The fraction of sp³-hybridized carbons (Fsp3) is 0.929. The molecule has 0 aromatic carbocycles. The Kier molecular flexibility index (Phi) is 88.2. The molecule has 0 aliphatic rings. The van der Waals surface area contributed by atoms with Crippen LogP contribution in [-0.4, -0.2) is 45.0 Å². The van der Waals surface area contributed by atoms with Gasteiger partial charge in [0.05, 0.1) is 0 Å². The van der Waals surface area contributed by atoms with Gasteiger partial charge >= 0.3 is 89.0 Å². The Balaban J connectivity index is -0.000000171. The van der Waals surface area contributed by atoms with Gasteiger partial charge in [0.2, 0.25) is 0 Å². The van der Waals surface area contributed by atoms with Crippen molar-refractivity contribution in [2.75, 3.05) is 0 Å². The van der Waals surface area contributed by atoms with Gasteiger partial charge in [-0.15, -0.1) is 0 Å². The summed E-state index contributed by atoms with van der Waals surface area (Å²) in [7, 11) is 0. The Bertz CT molecular complexity index is 773. The van der Waals surface area contributed by atoms with Crippen LogP contribution in [0, 0.1) is 0 Å². The Morgan fingerprint density at radius 2 is 0.379 bits per heavy atom. The molecule has 8 nitrogen and oxygen atoms in total. The monoisotopic (exact) mass is 1090 g/mol. The fourth-order valence-corrected chi connectivity index (χ4v) is 11.2. The number of rotatable bonds is 46. The maximum atomic E-state index is 10.1. The van der Waals surface area contributed by atoms with Crippen LogP contribution in [0.5, 0.6) is 0 Å². The smallest absolute Gasteiger partial charge is 2.00 e. The molecule has 0 amide bonds. The molecule has 0 radical (unpaired) electrons. The standard InChI is InChI=1S/4C12H24O2.2C4H9.Sn.Zn/c4*1-2-3-4-5-6-7-8-9-10-11-12(13)14;2*1-3-4-2;;/h4*2-11H2,1H3,(H,13,14);2*1,3-4H2,2H3;;/q;;;;;;2*+2/p-4. The van der Waals surface area contributed by atoms with Gasteiger partial charge in [0.25, 0.3) is 0 Å². The molecule has 0 N–H and O–H groups in total. The van der Waals surface area contributed by atoms with Gasteiger partial charge in [0.15, 0.2) is 0 Å². The molecule has 0 aliphatic carbocycles. The van der Waals surface area contributed by atoms with E-state index in [-0.39, 0.29) is 66.3 Å². The van der Waals surface area contributed by atoms with Gasteiger partial charge in [-0.1, -0.05) is 233 Å². The molecular weight excluding hydrogens is 985 g/mol. The second-order valence-corrected chi connectivity index (χ2v) is 22.5. The number of carboxylic acid groups (broad SMARTS) is 4. The van der Waals surface area contributed by atoms with Gasteiger partial charge in [-0.3, -0.25) is 0 Å². The third kappa shape index (κ3) is 101. The Labute approximate surface area is 434 Å². The number of carbonyl (C=O) groups is 4. The van der Waals surface area contributed by atoms with Crippen molar-refractivity contribution in [3.05, 3.63) is 0 Å². The summed E-state index contributed by atoms with van der Waals surface area (Å²) >= 11 is 0.149. The Morgan fingerprint density at radius 3 is 0.515 bits per heavy atom. The second-order valence-electron chi connectivity index (χ2n) is 18.3. The fourth-order valence-electron chi connectivity index (χ4n) is 7.05. The van der Waals surface area contributed by atoms with Crippen molar-refractivity contribution in [1.82, 2.24) is 0 Å². The van der Waals surface area contributed by atoms with Crippen LogP contribution < -0.4 is 20.4 Å². The van der Waals surface area contributed by atoms with Crippen LogP contribution in [-0.2, 0) is 38.7 Å². The summed E-state index contributed by atoms with van der Waals surface area (Å²) in [5, 5.41) is 40.4. The molecule has 0 rings (SSSR count). The molecule has 0 saturated heterocycles. The zero-order chi connectivity index (χ0) is 49.5. The summed E-state index contributed by atoms with van der Waals surface area (Å²) in [6.45, 7) is 13.5. The van der Waals surface area contributed by atoms with E-state index in [9.17, 15) is 39.6 Å². The van der Waals surface area contributed by atoms with Crippen LogP contribution >= 0.6 is 0 Å². The van der Waals surface area contributed by atoms with E-state index in [1.807, 2.05) is 0 Å². The third-order valence-corrected chi connectivity index (χ3v) is 15.4. The maximum absolute atomic E-state index is 10.1. The third-order valence-electron chi connectivity index (χ3n) is 11.4. The van der Waals surface area contributed by atoms with Crippen molar-refractivity contribution >= 4 is 45.0 Å². The summed E-state index contributed by atoms with van der Waals surface area (Å²) in [6, 6.07) is 0. The first-order chi connectivity index (χ1) is 31.5. The minimum absolute atomic E-state index is 0. The number of unbranched alkanes of at least 4 members (excludes halogenated alkanes) is 34. The topological polar surface area (TPSA) is 161 Å². The van der Waals surface area contributed by atoms with Crippen molar-refractivity contribution in [2.24, 2.45) is 0 Å². The molecule has 0 fully saturated rings. The average Bonchev–Trinajstić information content (AvgIpc) is 3.27. The zero-order valence-corrected chi connectivity index (χ0v) is 50.8. The minimum Gasteiger partial charge on any atom is 2.00 e. The molecule has 0 aliphatic heterocycles. The summed E-state index contributed by atoms with van der Waals surface area (Å²) in [5.41, 5.74) is 0. The van der Waals surface area contributed by atoms with Crippen LogP contribution in [0.1, 0.15) is 324 Å². The van der Waals surface area contributed by atoms with Crippen LogP contribution in [0.15, 0.2) is 0 Å². The summed E-state index contributed by atoms with van der Waals surface area (Å²) in [6.07, 6.45) is 50.5. The summed E-state index contributed by atoms with van der Waals surface area (Å²) in [4.78, 5) is 40.4. The second kappa shape index (κ2) is 75.8.